The molecule has 202 valence electrons. The van der Waals surface area contributed by atoms with Gasteiger partial charge in [0, 0.05) is 5.92 Å². The van der Waals surface area contributed by atoms with E-state index in [1.165, 1.54) is 0 Å². The number of ketones is 2. The Labute approximate surface area is 218 Å². The van der Waals surface area contributed by atoms with E-state index in [1.807, 2.05) is 19.9 Å². The topological polar surface area (TPSA) is 138 Å². The summed E-state index contributed by atoms with van der Waals surface area (Å²) in [5.74, 6) is -6.56. The Morgan fingerprint density at radius 1 is 1.05 bits per heavy atom. The van der Waals surface area contributed by atoms with Crippen molar-refractivity contribution in [3.63, 3.8) is 0 Å². The van der Waals surface area contributed by atoms with Gasteiger partial charge in [0.15, 0.2) is 28.4 Å². The van der Waals surface area contributed by atoms with E-state index in [0.717, 1.165) is 0 Å². The van der Waals surface area contributed by atoms with Crippen molar-refractivity contribution in [3.05, 3.63) is 12.2 Å². The van der Waals surface area contributed by atoms with Crippen LogP contribution in [0.3, 0.4) is 0 Å². The first-order valence-corrected chi connectivity index (χ1v) is 13.8. The zero-order valence-corrected chi connectivity index (χ0v) is 21.5. The Morgan fingerprint density at radius 2 is 1.84 bits per heavy atom. The molecule has 10 nitrogen and oxygen atoms in total. The predicted octanol–water partition coefficient (Wildman–Crippen LogP) is 0.768. The molecule has 0 aromatic rings. The molecule has 6 aliphatic heterocycles. The quantitative estimate of drug-likeness (QED) is 0.356. The average molecular weight is 527 g/mol. The number of epoxide rings is 1. The van der Waals surface area contributed by atoms with Crippen molar-refractivity contribution in [3.8, 4) is 0 Å². The molecule has 10 heteroatoms. The minimum Gasteiger partial charge on any atom is -0.458 e. The number of rotatable bonds is 0. The predicted molar refractivity (Wildman–Crippen MR) is 122 cm³/mol. The van der Waals surface area contributed by atoms with Gasteiger partial charge in [-0.15, -0.1) is 0 Å². The van der Waals surface area contributed by atoms with E-state index < -0.39 is 80.7 Å². The molecule has 0 amide bonds. The van der Waals surface area contributed by atoms with Gasteiger partial charge in [0.25, 0.3) is 0 Å². The molecule has 9 rings (SSSR count). The number of carbonyl (C=O) groups excluding carboxylic acids is 4. The van der Waals surface area contributed by atoms with E-state index in [2.05, 4.69) is 0 Å². The van der Waals surface area contributed by atoms with Crippen LogP contribution >= 0.6 is 0 Å². The lowest BCUT2D eigenvalue weighted by molar-refractivity contribution is -0.375. The van der Waals surface area contributed by atoms with Crippen LogP contribution in [0.5, 0.6) is 0 Å². The van der Waals surface area contributed by atoms with Crippen LogP contribution in [-0.4, -0.2) is 75.6 Å². The third kappa shape index (κ3) is 1.79. The highest BCUT2D eigenvalue weighted by atomic mass is 16.8. The lowest BCUT2D eigenvalue weighted by atomic mass is 9.46. The van der Waals surface area contributed by atoms with Crippen LogP contribution in [0.25, 0.3) is 0 Å². The van der Waals surface area contributed by atoms with Gasteiger partial charge in [0.05, 0.1) is 30.0 Å². The summed E-state index contributed by atoms with van der Waals surface area (Å²) in [6, 6.07) is 0. The van der Waals surface area contributed by atoms with Gasteiger partial charge in [-0.3, -0.25) is 14.4 Å². The molecule has 0 unspecified atom stereocenters. The molecule has 0 aromatic heterocycles. The highest BCUT2D eigenvalue weighted by Crippen LogP contribution is 2.77. The number of ether oxygens (including phenoxy) is 5. The molecule has 6 saturated heterocycles. The molecule has 8 fully saturated rings. The zero-order valence-electron chi connectivity index (χ0n) is 21.5. The molecule has 3 aliphatic carbocycles. The Hall–Kier alpha value is -2.14. The number of fused-ring (bicyclic) bond motifs is 4. The molecule has 2 saturated carbocycles. The maximum Gasteiger partial charge on any atom is 0.342 e. The minimum absolute atomic E-state index is 0.0583. The third-order valence-corrected chi connectivity index (χ3v) is 12.9. The fourth-order valence-corrected chi connectivity index (χ4v) is 10.9. The van der Waals surface area contributed by atoms with Crippen molar-refractivity contribution in [1.82, 2.24) is 0 Å². The smallest absolute Gasteiger partial charge is 0.342 e. The van der Waals surface area contributed by atoms with Crippen molar-refractivity contribution in [1.29, 1.82) is 0 Å². The highest BCUT2D eigenvalue weighted by Gasteiger charge is 2.94. The van der Waals surface area contributed by atoms with Gasteiger partial charge in [0.2, 0.25) is 5.79 Å². The summed E-state index contributed by atoms with van der Waals surface area (Å²) in [6.45, 7) is 5.27. The van der Waals surface area contributed by atoms with Crippen LogP contribution in [0, 0.1) is 34.5 Å². The molecular formula is C28H30O10. The average Bonchev–Trinajstić information content (AvgIpc) is 3.45. The summed E-state index contributed by atoms with van der Waals surface area (Å²) < 4.78 is 31.5. The van der Waals surface area contributed by atoms with Crippen molar-refractivity contribution in [2.45, 2.75) is 93.3 Å². The Morgan fingerprint density at radius 3 is 2.63 bits per heavy atom. The Bertz CT molecular complexity index is 1340. The van der Waals surface area contributed by atoms with E-state index in [4.69, 9.17) is 23.7 Å². The molecule has 0 radical (unpaired) electrons. The van der Waals surface area contributed by atoms with Gasteiger partial charge >= 0.3 is 11.9 Å². The molecule has 0 aromatic carbocycles. The lowest BCUT2D eigenvalue weighted by Gasteiger charge is -2.63. The summed E-state index contributed by atoms with van der Waals surface area (Å²) in [5.41, 5.74) is -8.23. The number of esters is 2. The van der Waals surface area contributed by atoms with Crippen molar-refractivity contribution >= 4 is 23.5 Å². The molecule has 5 bridgehead atoms. The summed E-state index contributed by atoms with van der Waals surface area (Å²) >= 11 is 0. The van der Waals surface area contributed by atoms with Crippen LogP contribution < -0.4 is 0 Å². The second-order valence-electron chi connectivity index (χ2n) is 13.8. The molecule has 3 spiro atoms. The monoisotopic (exact) mass is 526 g/mol. The molecule has 9 aliphatic rings. The molecule has 13 atom stereocenters. The molecule has 6 heterocycles. The number of Topliss-reactive ketones (excluding diaryl/α,β-unsaturated/α-hetero) is 1. The van der Waals surface area contributed by atoms with Crippen LogP contribution in [-0.2, 0) is 42.9 Å². The van der Waals surface area contributed by atoms with E-state index in [0.29, 0.717) is 12.8 Å². The van der Waals surface area contributed by atoms with Gasteiger partial charge in [-0.2, -0.15) is 0 Å². The third-order valence-electron chi connectivity index (χ3n) is 12.9. The highest BCUT2D eigenvalue weighted by molar-refractivity contribution is 6.00. The van der Waals surface area contributed by atoms with Gasteiger partial charge < -0.3 is 28.8 Å². The van der Waals surface area contributed by atoms with E-state index >= 15 is 0 Å². The second-order valence-corrected chi connectivity index (χ2v) is 13.8. The first-order chi connectivity index (χ1) is 17.9. The lowest BCUT2D eigenvalue weighted by Crippen LogP contribution is -2.79. The first-order valence-electron chi connectivity index (χ1n) is 13.8. The molecular weight excluding hydrogens is 496 g/mol. The summed E-state index contributed by atoms with van der Waals surface area (Å²) in [5, 5.41) is 12.4. The zero-order chi connectivity index (χ0) is 26.5. The SMILES string of the molecule is C[C@@]12C[C@H]3OC(=O)[C@@H]1CO[C@@]14O[C@@]5([C@@H]2C1=O)[C@@]3(C)OC(=O)[C@@]5(O)CC[C@H]1[C@H]4C[C@H]2O[C@]23CC=CC(=O)[C@]13C. The van der Waals surface area contributed by atoms with Crippen LogP contribution in [0.4, 0.5) is 0 Å². The molecule has 1 N–H and O–H groups in total. The maximum atomic E-state index is 14.9. The Balaban J connectivity index is 1.34. The van der Waals surface area contributed by atoms with Crippen molar-refractivity contribution < 1.29 is 48.0 Å². The summed E-state index contributed by atoms with van der Waals surface area (Å²) in [7, 11) is 0. The largest absolute Gasteiger partial charge is 0.458 e. The van der Waals surface area contributed by atoms with Gasteiger partial charge in [-0.05, 0) is 63.4 Å². The summed E-state index contributed by atoms with van der Waals surface area (Å²) in [6.07, 6.45) is 3.82. The minimum atomic E-state index is -2.19. The van der Waals surface area contributed by atoms with Crippen LogP contribution in [0.2, 0.25) is 0 Å². The standard InChI is InChI=1S/C28H30O10/c1-22-10-17-24(3)28-18(22)19(30)27(38-28,34-11-14(22)20(31)35-17)13-9-16-26(36-16)7-4-5-15(29)23(26,2)12(13)6-8-25(28,33)21(32)37-24/h4-5,12-14,16-18,33H,6-11H2,1-3H3/t12-,13+,14-,16+,17+,18+,22+,23-,24-,25-,26+,27-,28-/m0/s1. The van der Waals surface area contributed by atoms with Gasteiger partial charge in [-0.1, -0.05) is 13.0 Å². The van der Waals surface area contributed by atoms with Crippen molar-refractivity contribution in [2.75, 3.05) is 6.61 Å². The van der Waals surface area contributed by atoms with Crippen molar-refractivity contribution in [2.24, 2.45) is 34.5 Å². The van der Waals surface area contributed by atoms with Gasteiger partial charge in [-0.25, -0.2) is 4.79 Å². The maximum absolute atomic E-state index is 14.9. The normalized spacial score (nSPS) is 64.1. The fraction of sp³-hybridized carbons (Fsp3) is 0.786. The number of carbonyl (C=O) groups is 4. The van der Waals surface area contributed by atoms with Gasteiger partial charge in [0.1, 0.15) is 11.7 Å². The number of allylic oxidation sites excluding steroid dienone is 1. The van der Waals surface area contributed by atoms with E-state index in [-0.39, 0.29) is 43.5 Å². The number of hydrogen-bond donors (Lipinski definition) is 1. The molecule has 38 heavy (non-hydrogen) atoms. The van der Waals surface area contributed by atoms with Crippen LogP contribution in [0.15, 0.2) is 12.2 Å². The van der Waals surface area contributed by atoms with E-state index in [9.17, 15) is 24.3 Å². The number of hydrogen-bond acceptors (Lipinski definition) is 10. The summed E-state index contributed by atoms with van der Waals surface area (Å²) in [4.78, 5) is 55.6. The van der Waals surface area contributed by atoms with Crippen LogP contribution in [0.1, 0.15) is 52.9 Å². The Kier molecular flexibility index (Phi) is 3.47. The second kappa shape index (κ2) is 5.82. The fourth-order valence-electron chi connectivity index (χ4n) is 10.9. The number of aliphatic hydroxyl groups is 1. The first kappa shape index (κ1) is 22.7. The van der Waals surface area contributed by atoms with E-state index in [1.54, 1.807) is 13.0 Å².